The quantitative estimate of drug-likeness (QED) is 0.316. The number of aliphatic hydroxyl groups excluding tert-OH is 3. The lowest BCUT2D eigenvalue weighted by Crippen LogP contribution is -2.70. The van der Waals surface area contributed by atoms with Crippen LogP contribution in [-0.4, -0.2) is 79.7 Å². The summed E-state index contributed by atoms with van der Waals surface area (Å²) in [7, 11) is 2.85. The molecule has 1 saturated carbocycles. The van der Waals surface area contributed by atoms with Gasteiger partial charge in [0.2, 0.25) is 5.78 Å². The van der Waals surface area contributed by atoms with Gasteiger partial charge in [0.15, 0.2) is 11.4 Å². The summed E-state index contributed by atoms with van der Waals surface area (Å²) in [6, 6.07) is 6.72. The first kappa shape index (κ1) is 25.6. The number of amides is 1. The molecule has 11 heteroatoms. The van der Waals surface area contributed by atoms with E-state index in [1.54, 1.807) is 0 Å². The van der Waals surface area contributed by atoms with Crippen LogP contribution in [0.3, 0.4) is 0 Å². The van der Waals surface area contributed by atoms with Crippen LogP contribution in [0.2, 0.25) is 0 Å². The minimum atomic E-state index is -2.98. The van der Waals surface area contributed by atoms with E-state index in [1.165, 1.54) is 61.8 Å². The van der Waals surface area contributed by atoms with Crippen LogP contribution in [0, 0.1) is 24.1 Å². The van der Waals surface area contributed by atoms with Crippen molar-refractivity contribution in [1.82, 2.24) is 4.90 Å². The normalized spacial score (nSPS) is 28.8. The van der Waals surface area contributed by atoms with Gasteiger partial charge >= 0.3 is 0 Å². The van der Waals surface area contributed by atoms with Crippen LogP contribution in [0.25, 0.3) is 16.9 Å². The van der Waals surface area contributed by atoms with Crippen molar-refractivity contribution in [2.75, 3.05) is 14.1 Å². The lowest BCUT2D eigenvalue weighted by molar-refractivity contribution is -0.167. The number of fused-ring (bicyclic) bond motifs is 3. The molecular formula is C27H24FN2O8. The van der Waals surface area contributed by atoms with E-state index in [0.29, 0.717) is 11.1 Å². The number of benzene rings is 2. The van der Waals surface area contributed by atoms with E-state index < -0.39 is 81.3 Å². The van der Waals surface area contributed by atoms with Gasteiger partial charge in [-0.3, -0.25) is 19.3 Å². The lowest BCUT2D eigenvalue weighted by atomic mass is 9.56. The standard InChI is InChI=1S/C27H24FN2O8/c1-30(2)20-19-21(32)14-9-13-12(10-3-5-11(28)6-4-10)7-8-15(31)16(13)22(33)17(14)24(35)27(19,38)25(36)18(23(20)34)26(29)37/h3-9,14,19-21,31-33,36,38H,1-2H3,(H2,29,37)/t14-,19-,20+,21+,27+/m0/s1. The van der Waals surface area contributed by atoms with Gasteiger partial charge in [0, 0.05) is 17.9 Å². The molecule has 7 N–H and O–H groups in total. The summed E-state index contributed by atoms with van der Waals surface area (Å²) in [6.07, 6.45) is -0.327. The first-order valence-electron chi connectivity index (χ1n) is 11.6. The summed E-state index contributed by atoms with van der Waals surface area (Å²) >= 11 is 0. The maximum absolute atomic E-state index is 13.8. The molecule has 2 aromatic rings. The van der Waals surface area contributed by atoms with Crippen LogP contribution < -0.4 is 5.73 Å². The number of ketones is 2. The summed E-state index contributed by atoms with van der Waals surface area (Å²) in [5, 5.41) is 55.9. The maximum Gasteiger partial charge on any atom is 0.255 e. The van der Waals surface area contributed by atoms with E-state index in [9.17, 15) is 44.3 Å². The van der Waals surface area contributed by atoms with Crippen molar-refractivity contribution in [3.63, 3.8) is 0 Å². The number of nitrogens with zero attached hydrogens (tertiary/aromatic N) is 1. The van der Waals surface area contributed by atoms with Gasteiger partial charge in [-0.2, -0.15) is 0 Å². The Morgan fingerprint density at radius 2 is 1.68 bits per heavy atom. The molecule has 0 aromatic heterocycles. The molecule has 10 nitrogen and oxygen atoms in total. The number of likely N-dealkylation sites (N-methyl/N-ethyl adjacent to an activating group) is 1. The fourth-order valence-electron chi connectivity index (χ4n) is 5.91. The minimum Gasteiger partial charge on any atom is -0.508 e. The third-order valence-corrected chi connectivity index (χ3v) is 7.62. The Morgan fingerprint density at radius 1 is 1.05 bits per heavy atom. The smallest absolute Gasteiger partial charge is 0.255 e. The van der Waals surface area contributed by atoms with Crippen molar-refractivity contribution in [2.45, 2.75) is 17.7 Å². The van der Waals surface area contributed by atoms with Crippen molar-refractivity contribution in [1.29, 1.82) is 0 Å². The first-order chi connectivity index (χ1) is 17.8. The number of rotatable bonds is 3. The number of nitrogens with two attached hydrogens (primary N) is 1. The molecule has 0 unspecified atom stereocenters. The summed E-state index contributed by atoms with van der Waals surface area (Å²) in [5.74, 6) is -9.57. The monoisotopic (exact) mass is 523 g/mol. The minimum absolute atomic E-state index is 0.185. The highest BCUT2D eigenvalue weighted by Crippen LogP contribution is 2.54. The Hall–Kier alpha value is -4.06. The molecule has 5 atom stereocenters. The lowest BCUT2D eigenvalue weighted by Gasteiger charge is -2.52. The average Bonchev–Trinajstić information content (AvgIpc) is 2.84. The highest BCUT2D eigenvalue weighted by Gasteiger charge is 2.67. The fraction of sp³-hybridized carbons (Fsp3) is 0.259. The van der Waals surface area contributed by atoms with Gasteiger partial charge in [-0.1, -0.05) is 18.2 Å². The Balaban J connectivity index is 1.78. The summed E-state index contributed by atoms with van der Waals surface area (Å²) in [5.41, 5.74) is 1.78. The zero-order valence-electron chi connectivity index (χ0n) is 20.2. The van der Waals surface area contributed by atoms with Gasteiger partial charge in [0.05, 0.1) is 23.6 Å². The number of halogens is 1. The molecule has 0 bridgehead atoms. The second kappa shape index (κ2) is 8.48. The number of phenolic OH excluding ortho intramolecular Hbond substituents is 1. The zero-order valence-corrected chi connectivity index (χ0v) is 20.2. The predicted octanol–water partition coefficient (Wildman–Crippen LogP) is 0.751. The molecule has 1 fully saturated rings. The van der Waals surface area contributed by atoms with Gasteiger partial charge in [-0.05, 0) is 49.0 Å². The van der Waals surface area contributed by atoms with Crippen molar-refractivity contribution >= 4 is 23.2 Å². The number of carbonyl (C=O) groups excluding carboxylic acids is 3. The summed E-state index contributed by atoms with van der Waals surface area (Å²) < 4.78 is 13.5. The zero-order chi connectivity index (χ0) is 27.8. The van der Waals surface area contributed by atoms with Crippen LogP contribution in [-0.2, 0) is 14.4 Å². The molecule has 0 heterocycles. The molecular weight excluding hydrogens is 499 g/mol. The number of aliphatic hydroxyl groups is 4. The number of hydrogen-bond acceptors (Lipinski definition) is 9. The van der Waals surface area contributed by atoms with Gasteiger partial charge < -0.3 is 31.3 Å². The summed E-state index contributed by atoms with van der Waals surface area (Å²) in [4.78, 5) is 40.3. The highest BCUT2D eigenvalue weighted by atomic mass is 19.1. The van der Waals surface area contributed by atoms with Gasteiger partial charge in [0.1, 0.15) is 28.7 Å². The third-order valence-electron chi connectivity index (χ3n) is 7.62. The number of carbonyl (C=O) groups is 3. The Labute approximate surface area is 215 Å². The second-order valence-corrected chi connectivity index (χ2v) is 9.85. The third kappa shape index (κ3) is 3.25. The van der Waals surface area contributed by atoms with Gasteiger partial charge in [0.25, 0.3) is 5.91 Å². The van der Waals surface area contributed by atoms with Gasteiger partial charge in [-0.25, -0.2) is 4.39 Å². The molecule has 38 heavy (non-hydrogen) atoms. The van der Waals surface area contributed by atoms with Gasteiger partial charge in [-0.15, -0.1) is 0 Å². The largest absolute Gasteiger partial charge is 0.508 e. The number of Topliss-reactive ketones (excluding diaryl/α,β-unsaturated/α-hetero) is 2. The Bertz CT molecular complexity index is 1480. The molecule has 1 radical (unpaired) electrons. The molecule has 3 aliphatic carbocycles. The van der Waals surface area contributed by atoms with Crippen LogP contribution in [0.5, 0.6) is 5.75 Å². The van der Waals surface area contributed by atoms with Crippen LogP contribution in [0.15, 0.2) is 53.3 Å². The van der Waals surface area contributed by atoms with Crippen molar-refractivity contribution in [3.8, 4) is 16.9 Å². The molecule has 197 valence electrons. The van der Waals surface area contributed by atoms with Crippen LogP contribution >= 0.6 is 0 Å². The Kier molecular flexibility index (Phi) is 5.71. The molecule has 2 aromatic carbocycles. The Morgan fingerprint density at radius 3 is 2.26 bits per heavy atom. The molecule has 1 amide bonds. The topological polar surface area (TPSA) is 182 Å². The number of aromatic hydroxyl groups is 1. The summed E-state index contributed by atoms with van der Waals surface area (Å²) in [6.45, 7) is 0. The van der Waals surface area contributed by atoms with E-state index in [2.05, 4.69) is 0 Å². The van der Waals surface area contributed by atoms with E-state index >= 15 is 0 Å². The number of hydrogen-bond donors (Lipinski definition) is 6. The maximum atomic E-state index is 13.8. The first-order valence-corrected chi connectivity index (χ1v) is 11.6. The van der Waals surface area contributed by atoms with Crippen molar-refractivity contribution in [3.05, 3.63) is 76.7 Å². The van der Waals surface area contributed by atoms with E-state index in [4.69, 9.17) is 5.73 Å². The molecule has 0 aliphatic heterocycles. The SMILES string of the molecule is CN(C)[C@H]1C(=O)C(C(N)=O)=C(O)[C@]2(O)C(=O)C3=C(O)c4c(O)ccc(-c5ccc(F)cc5)c4[CH][C@@H]3[C@@H](O)[C@H]12. The number of phenols is 1. The second-order valence-electron chi connectivity index (χ2n) is 9.85. The van der Waals surface area contributed by atoms with E-state index in [-0.39, 0.29) is 11.1 Å². The van der Waals surface area contributed by atoms with Crippen molar-refractivity contribution in [2.24, 2.45) is 17.6 Å². The van der Waals surface area contributed by atoms with Crippen molar-refractivity contribution < 1.29 is 44.3 Å². The molecule has 0 spiro atoms. The number of primary amides is 1. The van der Waals surface area contributed by atoms with E-state index in [1.807, 2.05) is 0 Å². The molecule has 5 rings (SSSR count). The van der Waals surface area contributed by atoms with E-state index in [0.717, 1.165) is 0 Å². The highest BCUT2D eigenvalue weighted by molar-refractivity contribution is 6.24. The molecule has 0 saturated heterocycles. The van der Waals surface area contributed by atoms with Crippen LogP contribution in [0.1, 0.15) is 11.1 Å². The van der Waals surface area contributed by atoms with Crippen LogP contribution in [0.4, 0.5) is 4.39 Å². The fourth-order valence-corrected chi connectivity index (χ4v) is 5.91. The predicted molar refractivity (Wildman–Crippen MR) is 131 cm³/mol. The average molecular weight is 523 g/mol. The molecule has 3 aliphatic rings.